The number of alkyl halides is 1. The van der Waals surface area contributed by atoms with Crippen LogP contribution in [0.4, 0.5) is 0 Å². The van der Waals surface area contributed by atoms with Crippen LogP contribution in [0.1, 0.15) is 27.2 Å². The third-order valence-corrected chi connectivity index (χ3v) is 4.73. The van der Waals surface area contributed by atoms with Crippen molar-refractivity contribution in [3.63, 3.8) is 0 Å². The van der Waals surface area contributed by atoms with Crippen molar-refractivity contribution in [3.8, 4) is 5.75 Å². The Balaban J connectivity index is 2.77. The van der Waals surface area contributed by atoms with Crippen LogP contribution in [-0.4, -0.2) is 24.0 Å². The van der Waals surface area contributed by atoms with Crippen molar-refractivity contribution >= 4 is 21.9 Å². The van der Waals surface area contributed by atoms with E-state index in [2.05, 4.69) is 15.9 Å². The first-order valence-electron chi connectivity index (χ1n) is 6.53. The largest absolute Gasteiger partial charge is 0.492 e. The van der Waals surface area contributed by atoms with Crippen molar-refractivity contribution in [2.75, 3.05) is 13.2 Å². The van der Waals surface area contributed by atoms with Gasteiger partial charge in [0.05, 0.1) is 6.61 Å². The molecule has 0 saturated carbocycles. The van der Waals surface area contributed by atoms with E-state index in [9.17, 15) is 4.79 Å². The number of para-hydroxylation sites is 1. The molecule has 0 radical (unpaired) electrons. The summed E-state index contributed by atoms with van der Waals surface area (Å²) in [6.07, 6.45) is 0.827. The lowest BCUT2D eigenvalue weighted by Crippen LogP contribution is -2.43. The molecule has 0 amide bonds. The van der Waals surface area contributed by atoms with Crippen LogP contribution in [0.25, 0.3) is 0 Å². The molecule has 1 aromatic carbocycles. The zero-order valence-electron chi connectivity index (χ0n) is 11.7. The summed E-state index contributed by atoms with van der Waals surface area (Å²) in [5.74, 6) is 0.531. The highest BCUT2D eigenvalue weighted by Crippen LogP contribution is 2.32. The molecule has 19 heavy (non-hydrogen) atoms. The van der Waals surface area contributed by atoms with Crippen LogP contribution in [0.15, 0.2) is 30.3 Å². The summed E-state index contributed by atoms with van der Waals surface area (Å²) in [6.45, 7) is 6.38. The molecular weight excluding hydrogens is 308 g/mol. The molecule has 0 heterocycles. The van der Waals surface area contributed by atoms with E-state index < -0.39 is 5.41 Å². The minimum atomic E-state index is -0.694. The van der Waals surface area contributed by atoms with Gasteiger partial charge >= 0.3 is 5.97 Å². The molecule has 0 aliphatic heterocycles. The van der Waals surface area contributed by atoms with E-state index >= 15 is 0 Å². The zero-order valence-corrected chi connectivity index (χ0v) is 13.3. The van der Waals surface area contributed by atoms with Crippen LogP contribution in [0.5, 0.6) is 5.75 Å². The highest BCUT2D eigenvalue weighted by atomic mass is 79.9. The van der Waals surface area contributed by atoms with Gasteiger partial charge < -0.3 is 9.47 Å². The van der Waals surface area contributed by atoms with Gasteiger partial charge in [-0.25, -0.2) is 0 Å². The zero-order chi connectivity index (χ0) is 14.3. The molecule has 0 bridgehead atoms. The molecule has 0 saturated heterocycles. The summed E-state index contributed by atoms with van der Waals surface area (Å²) in [5, 5.41) is 0. The van der Waals surface area contributed by atoms with Gasteiger partial charge in [0.25, 0.3) is 0 Å². The highest BCUT2D eigenvalue weighted by molar-refractivity contribution is 9.09. The Hall–Kier alpha value is -1.03. The van der Waals surface area contributed by atoms with Gasteiger partial charge in [0, 0.05) is 4.83 Å². The molecule has 0 N–H and O–H groups in total. The second-order valence-corrected chi connectivity index (χ2v) is 5.72. The van der Waals surface area contributed by atoms with Gasteiger partial charge in [0.15, 0.2) is 0 Å². The SMILES string of the molecule is CCOC(=O)C(C)(COc1ccccc1)C(Br)CC. The van der Waals surface area contributed by atoms with Crippen molar-refractivity contribution in [2.24, 2.45) is 5.41 Å². The maximum atomic E-state index is 12.2. The molecule has 4 heteroatoms. The molecule has 1 aromatic rings. The van der Waals surface area contributed by atoms with Crippen molar-refractivity contribution in [3.05, 3.63) is 30.3 Å². The minimum Gasteiger partial charge on any atom is -0.492 e. The van der Waals surface area contributed by atoms with E-state index in [-0.39, 0.29) is 10.8 Å². The van der Waals surface area contributed by atoms with Gasteiger partial charge in [-0.1, -0.05) is 41.1 Å². The second kappa shape index (κ2) is 7.53. The summed E-state index contributed by atoms with van der Waals surface area (Å²) >= 11 is 3.56. The van der Waals surface area contributed by atoms with Crippen LogP contribution in [0.2, 0.25) is 0 Å². The predicted molar refractivity (Wildman–Crippen MR) is 79.7 cm³/mol. The summed E-state index contributed by atoms with van der Waals surface area (Å²) in [5.41, 5.74) is -0.694. The number of rotatable bonds is 7. The number of carbonyl (C=O) groups excluding carboxylic acids is 1. The monoisotopic (exact) mass is 328 g/mol. The maximum absolute atomic E-state index is 12.2. The summed E-state index contributed by atoms with van der Waals surface area (Å²) in [7, 11) is 0. The summed E-state index contributed by atoms with van der Waals surface area (Å²) in [4.78, 5) is 12.2. The second-order valence-electron chi connectivity index (χ2n) is 4.62. The van der Waals surface area contributed by atoms with Gasteiger partial charge in [-0.2, -0.15) is 0 Å². The number of carbonyl (C=O) groups is 1. The molecule has 0 aromatic heterocycles. The van der Waals surface area contributed by atoms with Gasteiger partial charge in [-0.15, -0.1) is 0 Å². The standard InChI is InChI=1S/C15H21BrO3/c1-4-13(16)15(3,14(17)18-5-2)11-19-12-9-7-6-8-10-12/h6-10,13H,4-5,11H2,1-3H3. The fraction of sp³-hybridized carbons (Fsp3) is 0.533. The molecule has 0 aliphatic rings. The Bertz CT molecular complexity index is 394. The van der Waals surface area contributed by atoms with E-state index in [0.717, 1.165) is 12.2 Å². The molecule has 0 fully saturated rings. The van der Waals surface area contributed by atoms with Gasteiger partial charge in [0.2, 0.25) is 0 Å². The van der Waals surface area contributed by atoms with Crippen molar-refractivity contribution in [2.45, 2.75) is 32.0 Å². The third-order valence-electron chi connectivity index (χ3n) is 3.07. The fourth-order valence-corrected chi connectivity index (χ4v) is 2.09. The summed E-state index contributed by atoms with van der Waals surface area (Å²) < 4.78 is 10.9. The van der Waals surface area contributed by atoms with E-state index in [0.29, 0.717) is 13.2 Å². The number of esters is 1. The Kier molecular flexibility index (Phi) is 6.35. The molecule has 2 unspecified atom stereocenters. The van der Waals surface area contributed by atoms with Crippen LogP contribution in [0.3, 0.4) is 0 Å². The van der Waals surface area contributed by atoms with Gasteiger partial charge in [0.1, 0.15) is 17.8 Å². The molecule has 1 rings (SSSR count). The van der Waals surface area contributed by atoms with E-state index in [4.69, 9.17) is 9.47 Å². The number of benzene rings is 1. The molecule has 0 spiro atoms. The smallest absolute Gasteiger partial charge is 0.316 e. The lowest BCUT2D eigenvalue weighted by molar-refractivity contribution is -0.156. The quantitative estimate of drug-likeness (QED) is 0.564. The van der Waals surface area contributed by atoms with E-state index in [1.165, 1.54) is 0 Å². The Morgan fingerprint density at radius 1 is 1.32 bits per heavy atom. The Labute approximate surface area is 123 Å². The molecule has 106 valence electrons. The fourth-order valence-electron chi connectivity index (χ4n) is 1.77. The average Bonchev–Trinajstić information content (AvgIpc) is 2.45. The maximum Gasteiger partial charge on any atom is 0.316 e. The Morgan fingerprint density at radius 3 is 2.47 bits per heavy atom. The van der Waals surface area contributed by atoms with E-state index in [1.807, 2.05) is 51.1 Å². The molecule has 2 atom stereocenters. The minimum absolute atomic E-state index is 0.0164. The van der Waals surface area contributed by atoms with Crippen LogP contribution in [0, 0.1) is 5.41 Å². The average molecular weight is 329 g/mol. The molecule has 3 nitrogen and oxygen atoms in total. The van der Waals surface area contributed by atoms with Crippen LogP contribution in [-0.2, 0) is 9.53 Å². The first-order valence-corrected chi connectivity index (χ1v) is 7.45. The molecule has 0 aliphatic carbocycles. The van der Waals surface area contributed by atoms with Gasteiger partial charge in [-0.05, 0) is 32.4 Å². The lowest BCUT2D eigenvalue weighted by Gasteiger charge is -2.31. The number of ether oxygens (including phenoxy) is 2. The Morgan fingerprint density at radius 2 is 1.95 bits per heavy atom. The van der Waals surface area contributed by atoms with Gasteiger partial charge in [-0.3, -0.25) is 4.79 Å². The van der Waals surface area contributed by atoms with E-state index in [1.54, 1.807) is 0 Å². The van der Waals surface area contributed by atoms with Crippen molar-refractivity contribution < 1.29 is 14.3 Å². The number of hydrogen-bond acceptors (Lipinski definition) is 3. The van der Waals surface area contributed by atoms with Crippen LogP contribution < -0.4 is 4.74 Å². The number of hydrogen-bond donors (Lipinski definition) is 0. The lowest BCUT2D eigenvalue weighted by atomic mass is 9.86. The first-order chi connectivity index (χ1) is 9.04. The normalized spacial score (nSPS) is 15.4. The molecular formula is C15H21BrO3. The topological polar surface area (TPSA) is 35.5 Å². The highest BCUT2D eigenvalue weighted by Gasteiger charge is 2.41. The van der Waals surface area contributed by atoms with Crippen LogP contribution >= 0.6 is 15.9 Å². The predicted octanol–water partition coefficient (Wildman–Crippen LogP) is 3.81. The van der Waals surface area contributed by atoms with Crippen molar-refractivity contribution in [1.82, 2.24) is 0 Å². The number of halogens is 1. The first kappa shape index (κ1) is 16.0. The third kappa shape index (κ3) is 4.23. The van der Waals surface area contributed by atoms with Crippen molar-refractivity contribution in [1.29, 1.82) is 0 Å². The summed E-state index contributed by atoms with van der Waals surface area (Å²) in [6, 6.07) is 9.49.